The predicted octanol–water partition coefficient (Wildman–Crippen LogP) is 0.584. The maximum atomic E-state index is 9.88. The van der Waals surface area contributed by atoms with E-state index < -0.39 is 0 Å². The van der Waals surface area contributed by atoms with Gasteiger partial charge in [-0.1, -0.05) is 11.3 Å². The number of hydrogen-bond acceptors (Lipinski definition) is 4. The number of hydrogen-bond donors (Lipinski definition) is 1. The standard InChI is InChI=1S/C7H6N2OS/c1-5-6(3-2-4-10)11-7(8)9-5/h4H,1H3,(H2,8,9). The minimum atomic E-state index is 0.484. The second kappa shape index (κ2) is 3.17. The molecule has 0 saturated carbocycles. The number of anilines is 1. The SMILES string of the molecule is Cc1nc(N)sc1C#CC=O. The summed E-state index contributed by atoms with van der Waals surface area (Å²) in [5.41, 5.74) is 6.18. The third-order valence-corrected chi connectivity index (χ3v) is 1.96. The molecular weight excluding hydrogens is 160 g/mol. The lowest BCUT2D eigenvalue weighted by atomic mass is 10.4. The van der Waals surface area contributed by atoms with E-state index in [0.29, 0.717) is 11.4 Å². The summed E-state index contributed by atoms with van der Waals surface area (Å²) in [7, 11) is 0. The molecule has 3 nitrogen and oxygen atoms in total. The number of rotatable bonds is 0. The van der Waals surface area contributed by atoms with Crippen LogP contribution in [0.15, 0.2) is 0 Å². The number of aldehydes is 1. The van der Waals surface area contributed by atoms with Crippen molar-refractivity contribution in [2.45, 2.75) is 6.92 Å². The molecule has 0 radical (unpaired) electrons. The van der Waals surface area contributed by atoms with Crippen molar-refractivity contribution in [3.8, 4) is 11.8 Å². The molecular formula is C7H6N2OS. The average Bonchev–Trinajstić information content (AvgIpc) is 2.26. The van der Waals surface area contributed by atoms with Crippen LogP contribution in [0.3, 0.4) is 0 Å². The summed E-state index contributed by atoms with van der Waals surface area (Å²) in [5, 5.41) is 0.484. The van der Waals surface area contributed by atoms with Crippen LogP contribution in [0.1, 0.15) is 10.6 Å². The third-order valence-electron chi connectivity index (χ3n) is 1.06. The fourth-order valence-electron chi connectivity index (χ4n) is 0.628. The fraction of sp³-hybridized carbons (Fsp3) is 0.143. The summed E-state index contributed by atoms with van der Waals surface area (Å²) in [5.74, 6) is 4.94. The average molecular weight is 166 g/mol. The molecule has 2 N–H and O–H groups in total. The zero-order valence-corrected chi connectivity index (χ0v) is 6.73. The van der Waals surface area contributed by atoms with Crippen molar-refractivity contribution in [3.63, 3.8) is 0 Å². The molecule has 0 fully saturated rings. The Kier molecular flexibility index (Phi) is 2.24. The Morgan fingerprint density at radius 2 is 2.45 bits per heavy atom. The Morgan fingerprint density at radius 3 is 2.91 bits per heavy atom. The maximum absolute atomic E-state index is 9.88. The van der Waals surface area contributed by atoms with Crippen molar-refractivity contribution in [2.75, 3.05) is 5.73 Å². The van der Waals surface area contributed by atoms with Gasteiger partial charge in [-0.3, -0.25) is 4.79 Å². The molecule has 0 aliphatic carbocycles. The van der Waals surface area contributed by atoms with Gasteiger partial charge in [0.25, 0.3) is 0 Å². The van der Waals surface area contributed by atoms with Crippen LogP contribution in [0, 0.1) is 18.8 Å². The molecule has 0 aliphatic rings. The van der Waals surface area contributed by atoms with Crippen molar-refractivity contribution in [1.29, 1.82) is 0 Å². The molecule has 1 heterocycles. The summed E-state index contributed by atoms with van der Waals surface area (Å²) in [6.07, 6.45) is 0.551. The minimum absolute atomic E-state index is 0.484. The van der Waals surface area contributed by atoms with E-state index in [2.05, 4.69) is 16.8 Å². The molecule has 1 aromatic rings. The van der Waals surface area contributed by atoms with Gasteiger partial charge in [0.1, 0.15) is 4.88 Å². The van der Waals surface area contributed by atoms with Crippen LogP contribution in [0.25, 0.3) is 0 Å². The molecule has 0 atom stereocenters. The third kappa shape index (κ3) is 1.79. The monoisotopic (exact) mass is 166 g/mol. The number of nitrogens with zero attached hydrogens (tertiary/aromatic N) is 1. The van der Waals surface area contributed by atoms with E-state index in [9.17, 15) is 4.79 Å². The molecule has 4 heteroatoms. The van der Waals surface area contributed by atoms with Gasteiger partial charge in [0.2, 0.25) is 0 Å². The summed E-state index contributed by atoms with van der Waals surface area (Å²) >= 11 is 1.29. The number of carbonyl (C=O) groups excluding carboxylic acids is 1. The zero-order chi connectivity index (χ0) is 8.27. The van der Waals surface area contributed by atoms with Crippen LogP contribution in [-0.4, -0.2) is 11.3 Å². The van der Waals surface area contributed by atoms with Gasteiger partial charge in [0.05, 0.1) is 5.69 Å². The first kappa shape index (κ1) is 7.76. The number of thiazole rings is 1. The number of carbonyl (C=O) groups is 1. The van der Waals surface area contributed by atoms with E-state index in [-0.39, 0.29) is 0 Å². The molecule has 0 aliphatic heterocycles. The first-order chi connectivity index (χ1) is 5.24. The molecule has 11 heavy (non-hydrogen) atoms. The molecule has 0 saturated heterocycles. The van der Waals surface area contributed by atoms with Gasteiger partial charge in [0, 0.05) is 0 Å². The van der Waals surface area contributed by atoms with Crippen molar-refractivity contribution >= 4 is 22.8 Å². The van der Waals surface area contributed by atoms with E-state index in [1.165, 1.54) is 11.3 Å². The minimum Gasteiger partial charge on any atom is -0.375 e. The van der Waals surface area contributed by atoms with Crippen molar-refractivity contribution in [3.05, 3.63) is 10.6 Å². The molecule has 56 valence electrons. The number of aryl methyl sites for hydroxylation is 1. The van der Waals surface area contributed by atoms with E-state index in [1.54, 1.807) is 0 Å². The molecule has 1 rings (SSSR count). The quantitative estimate of drug-likeness (QED) is 0.453. The van der Waals surface area contributed by atoms with Gasteiger partial charge in [0.15, 0.2) is 11.4 Å². The van der Waals surface area contributed by atoms with E-state index in [0.717, 1.165) is 10.6 Å². The summed E-state index contributed by atoms with van der Waals surface area (Å²) in [4.78, 5) is 14.6. The van der Waals surface area contributed by atoms with Crippen LogP contribution < -0.4 is 5.73 Å². The molecule has 0 bridgehead atoms. The van der Waals surface area contributed by atoms with E-state index in [4.69, 9.17) is 5.73 Å². The largest absolute Gasteiger partial charge is 0.375 e. The van der Waals surface area contributed by atoms with E-state index >= 15 is 0 Å². The summed E-state index contributed by atoms with van der Waals surface area (Å²) in [6.45, 7) is 1.81. The lowest BCUT2D eigenvalue weighted by Gasteiger charge is -1.78. The normalized spacial score (nSPS) is 8.45. The van der Waals surface area contributed by atoms with Crippen LogP contribution in [0.5, 0.6) is 0 Å². The Labute approximate surface area is 68.3 Å². The summed E-state index contributed by atoms with van der Waals surface area (Å²) < 4.78 is 0. The lowest BCUT2D eigenvalue weighted by Crippen LogP contribution is -1.80. The molecule has 0 spiro atoms. The number of nitrogens with two attached hydrogens (primary N) is 1. The molecule has 1 aromatic heterocycles. The molecule has 0 aromatic carbocycles. The highest BCUT2D eigenvalue weighted by molar-refractivity contribution is 7.16. The highest BCUT2D eigenvalue weighted by Crippen LogP contribution is 2.17. The van der Waals surface area contributed by atoms with Crippen LogP contribution in [0.2, 0.25) is 0 Å². The van der Waals surface area contributed by atoms with Gasteiger partial charge in [-0.2, -0.15) is 0 Å². The summed E-state index contributed by atoms with van der Waals surface area (Å²) in [6, 6.07) is 0. The Hall–Kier alpha value is -1.34. The maximum Gasteiger partial charge on any atom is 0.193 e. The van der Waals surface area contributed by atoms with Crippen molar-refractivity contribution in [2.24, 2.45) is 0 Å². The highest BCUT2D eigenvalue weighted by Gasteiger charge is 2.00. The van der Waals surface area contributed by atoms with Crippen molar-refractivity contribution in [1.82, 2.24) is 4.98 Å². The Balaban J connectivity index is 3.03. The number of nitrogen functional groups attached to an aromatic ring is 1. The van der Waals surface area contributed by atoms with Crippen molar-refractivity contribution < 1.29 is 4.79 Å². The topological polar surface area (TPSA) is 56.0 Å². The number of aromatic nitrogens is 1. The Bertz CT molecular complexity index is 332. The first-order valence-electron chi connectivity index (χ1n) is 2.92. The van der Waals surface area contributed by atoms with Gasteiger partial charge >= 0.3 is 0 Å². The van der Waals surface area contributed by atoms with Gasteiger partial charge in [-0.25, -0.2) is 4.98 Å². The highest BCUT2D eigenvalue weighted by atomic mass is 32.1. The van der Waals surface area contributed by atoms with Crippen LogP contribution >= 0.6 is 11.3 Å². The van der Waals surface area contributed by atoms with Gasteiger partial charge < -0.3 is 5.73 Å². The smallest absolute Gasteiger partial charge is 0.193 e. The predicted molar refractivity (Wildman–Crippen MR) is 44.2 cm³/mol. The molecule has 0 amide bonds. The van der Waals surface area contributed by atoms with E-state index in [1.807, 2.05) is 6.92 Å². The van der Waals surface area contributed by atoms with Gasteiger partial charge in [-0.15, -0.1) is 0 Å². The first-order valence-corrected chi connectivity index (χ1v) is 3.74. The second-order valence-electron chi connectivity index (χ2n) is 1.85. The van der Waals surface area contributed by atoms with Gasteiger partial charge in [-0.05, 0) is 18.8 Å². The van der Waals surface area contributed by atoms with Crippen LogP contribution in [-0.2, 0) is 4.79 Å². The second-order valence-corrected chi connectivity index (χ2v) is 2.88. The lowest BCUT2D eigenvalue weighted by molar-refractivity contribution is -0.103. The molecule has 0 unspecified atom stereocenters. The fourth-order valence-corrected chi connectivity index (χ4v) is 1.32. The van der Waals surface area contributed by atoms with Crippen LogP contribution in [0.4, 0.5) is 5.13 Å². The zero-order valence-electron chi connectivity index (χ0n) is 5.92. The Morgan fingerprint density at radius 1 is 1.73 bits per heavy atom.